The van der Waals surface area contributed by atoms with Gasteiger partial charge in [0, 0.05) is 18.1 Å². The number of nitro benzene ring substituents is 1. The van der Waals surface area contributed by atoms with Crippen LogP contribution >= 0.6 is 0 Å². The third kappa shape index (κ3) is 4.11. The molecule has 0 N–H and O–H groups in total. The SMILES string of the molecule is COC(=O)CCCOc1cc([N+](=O)[O-])cc(C)c1OC. The van der Waals surface area contributed by atoms with Gasteiger partial charge < -0.3 is 14.2 Å². The molecule has 0 aliphatic rings. The zero-order valence-electron chi connectivity index (χ0n) is 11.7. The van der Waals surface area contributed by atoms with E-state index in [0.717, 1.165) is 0 Å². The molecule has 0 radical (unpaired) electrons. The van der Waals surface area contributed by atoms with Gasteiger partial charge in [-0.1, -0.05) is 0 Å². The normalized spacial score (nSPS) is 9.95. The summed E-state index contributed by atoms with van der Waals surface area (Å²) in [6, 6.07) is 2.73. The fraction of sp³-hybridized carbons (Fsp3) is 0.462. The molecule has 0 heterocycles. The molecule has 0 saturated heterocycles. The van der Waals surface area contributed by atoms with Crippen LogP contribution in [0.1, 0.15) is 18.4 Å². The molecule has 7 nitrogen and oxygen atoms in total. The highest BCUT2D eigenvalue weighted by Gasteiger charge is 2.16. The van der Waals surface area contributed by atoms with Gasteiger partial charge in [-0.2, -0.15) is 0 Å². The Morgan fingerprint density at radius 1 is 1.35 bits per heavy atom. The Labute approximate surface area is 116 Å². The molecule has 1 aromatic carbocycles. The lowest BCUT2D eigenvalue weighted by molar-refractivity contribution is -0.385. The number of methoxy groups -OCH3 is 2. The number of aryl methyl sites for hydroxylation is 1. The summed E-state index contributed by atoms with van der Waals surface area (Å²) in [5.41, 5.74) is 0.552. The van der Waals surface area contributed by atoms with E-state index in [0.29, 0.717) is 23.5 Å². The van der Waals surface area contributed by atoms with Crippen LogP contribution in [0.25, 0.3) is 0 Å². The molecule has 0 aliphatic carbocycles. The predicted octanol–water partition coefficient (Wildman–Crippen LogP) is 2.24. The lowest BCUT2D eigenvalue weighted by Gasteiger charge is -2.12. The number of nitro groups is 1. The van der Waals surface area contributed by atoms with Gasteiger partial charge in [0.1, 0.15) is 0 Å². The van der Waals surface area contributed by atoms with Crippen molar-refractivity contribution in [3.8, 4) is 11.5 Å². The van der Waals surface area contributed by atoms with Gasteiger partial charge in [0.05, 0.1) is 31.8 Å². The number of rotatable bonds is 7. The lowest BCUT2D eigenvalue weighted by atomic mass is 10.2. The molecular formula is C13H17NO6. The van der Waals surface area contributed by atoms with Crippen molar-refractivity contribution >= 4 is 11.7 Å². The van der Waals surface area contributed by atoms with Crippen molar-refractivity contribution in [2.75, 3.05) is 20.8 Å². The molecule has 0 aliphatic heterocycles. The molecule has 0 aromatic heterocycles. The average molecular weight is 283 g/mol. The lowest BCUT2D eigenvalue weighted by Crippen LogP contribution is -2.06. The maximum atomic E-state index is 11.0. The minimum atomic E-state index is -0.492. The maximum absolute atomic E-state index is 11.0. The third-order valence-electron chi connectivity index (χ3n) is 2.65. The largest absolute Gasteiger partial charge is 0.493 e. The molecule has 0 unspecified atom stereocenters. The zero-order chi connectivity index (χ0) is 15.1. The first-order chi connectivity index (χ1) is 9.49. The topological polar surface area (TPSA) is 87.9 Å². The minimum absolute atomic E-state index is 0.0636. The van der Waals surface area contributed by atoms with Crippen molar-refractivity contribution in [1.82, 2.24) is 0 Å². The van der Waals surface area contributed by atoms with Crippen molar-refractivity contribution in [2.45, 2.75) is 19.8 Å². The number of non-ortho nitro benzene ring substituents is 1. The number of carbonyl (C=O) groups is 1. The number of ether oxygens (including phenoxy) is 3. The Balaban J connectivity index is 2.76. The molecule has 20 heavy (non-hydrogen) atoms. The smallest absolute Gasteiger partial charge is 0.305 e. The monoisotopic (exact) mass is 283 g/mol. The summed E-state index contributed by atoms with van der Waals surface area (Å²) < 4.78 is 15.1. The Kier molecular flexibility index (Phi) is 5.76. The quantitative estimate of drug-likeness (QED) is 0.330. The van der Waals surface area contributed by atoms with Gasteiger partial charge in [0.25, 0.3) is 5.69 Å². The molecule has 0 spiro atoms. The summed E-state index contributed by atoms with van der Waals surface area (Å²) >= 11 is 0. The van der Waals surface area contributed by atoms with E-state index in [2.05, 4.69) is 4.74 Å². The Morgan fingerprint density at radius 2 is 2.05 bits per heavy atom. The van der Waals surface area contributed by atoms with Crippen LogP contribution in [-0.4, -0.2) is 31.7 Å². The van der Waals surface area contributed by atoms with E-state index in [9.17, 15) is 14.9 Å². The summed E-state index contributed by atoms with van der Waals surface area (Å²) in [4.78, 5) is 21.3. The zero-order valence-corrected chi connectivity index (χ0v) is 11.7. The number of esters is 1. The van der Waals surface area contributed by atoms with E-state index < -0.39 is 4.92 Å². The van der Waals surface area contributed by atoms with Crippen molar-refractivity contribution in [2.24, 2.45) is 0 Å². The summed E-state index contributed by atoms with van der Waals surface area (Å²) in [6.07, 6.45) is 0.685. The molecule has 7 heteroatoms. The van der Waals surface area contributed by atoms with E-state index in [1.165, 1.54) is 26.4 Å². The third-order valence-corrected chi connectivity index (χ3v) is 2.65. The van der Waals surface area contributed by atoms with Crippen molar-refractivity contribution in [3.05, 3.63) is 27.8 Å². The molecule has 110 valence electrons. The van der Waals surface area contributed by atoms with Crippen LogP contribution in [0.2, 0.25) is 0 Å². The van der Waals surface area contributed by atoms with E-state index >= 15 is 0 Å². The van der Waals surface area contributed by atoms with Gasteiger partial charge in [-0.05, 0) is 13.3 Å². The second-order valence-electron chi connectivity index (χ2n) is 4.08. The molecule has 0 bridgehead atoms. The average Bonchev–Trinajstić information content (AvgIpc) is 2.42. The Morgan fingerprint density at radius 3 is 2.60 bits per heavy atom. The second-order valence-corrected chi connectivity index (χ2v) is 4.08. The number of hydrogen-bond acceptors (Lipinski definition) is 6. The van der Waals surface area contributed by atoms with Crippen LogP contribution in [0, 0.1) is 17.0 Å². The highest BCUT2D eigenvalue weighted by molar-refractivity contribution is 5.69. The van der Waals surface area contributed by atoms with Gasteiger partial charge >= 0.3 is 5.97 Å². The highest BCUT2D eigenvalue weighted by Crippen LogP contribution is 2.35. The minimum Gasteiger partial charge on any atom is -0.493 e. The van der Waals surface area contributed by atoms with E-state index in [-0.39, 0.29) is 24.7 Å². The van der Waals surface area contributed by atoms with E-state index in [4.69, 9.17) is 9.47 Å². The first kappa shape index (κ1) is 15.7. The molecule has 1 rings (SSSR count). The van der Waals surface area contributed by atoms with Crippen LogP contribution in [0.3, 0.4) is 0 Å². The fourth-order valence-corrected chi connectivity index (χ4v) is 1.70. The Bertz CT molecular complexity index is 500. The second kappa shape index (κ2) is 7.32. The maximum Gasteiger partial charge on any atom is 0.305 e. The van der Waals surface area contributed by atoms with Crippen molar-refractivity contribution in [3.63, 3.8) is 0 Å². The van der Waals surface area contributed by atoms with Gasteiger partial charge in [0.2, 0.25) is 0 Å². The first-order valence-corrected chi connectivity index (χ1v) is 6.02. The van der Waals surface area contributed by atoms with Gasteiger partial charge in [-0.3, -0.25) is 14.9 Å². The highest BCUT2D eigenvalue weighted by atomic mass is 16.6. The standard InChI is InChI=1S/C13H17NO6/c1-9-7-10(14(16)17)8-11(13(9)19-3)20-6-4-5-12(15)18-2/h7-8H,4-6H2,1-3H3. The van der Waals surface area contributed by atoms with E-state index in [1.807, 2.05) is 0 Å². The molecule has 0 saturated carbocycles. The first-order valence-electron chi connectivity index (χ1n) is 6.02. The summed E-state index contributed by atoms with van der Waals surface area (Å²) in [7, 11) is 2.78. The summed E-state index contributed by atoms with van der Waals surface area (Å²) in [6.45, 7) is 1.94. The molecular weight excluding hydrogens is 266 g/mol. The van der Waals surface area contributed by atoms with Crippen molar-refractivity contribution < 1.29 is 23.9 Å². The number of carbonyl (C=O) groups excluding carboxylic acids is 1. The number of hydrogen-bond donors (Lipinski definition) is 0. The molecule has 0 fully saturated rings. The van der Waals surface area contributed by atoms with Gasteiger partial charge in [-0.15, -0.1) is 0 Å². The van der Waals surface area contributed by atoms with Crippen LogP contribution in [-0.2, 0) is 9.53 Å². The molecule has 1 aromatic rings. The van der Waals surface area contributed by atoms with Crippen molar-refractivity contribution in [1.29, 1.82) is 0 Å². The van der Waals surface area contributed by atoms with Crippen LogP contribution in [0.15, 0.2) is 12.1 Å². The fourth-order valence-electron chi connectivity index (χ4n) is 1.70. The van der Waals surface area contributed by atoms with Crippen LogP contribution in [0.5, 0.6) is 11.5 Å². The molecule has 0 atom stereocenters. The number of benzene rings is 1. The van der Waals surface area contributed by atoms with Gasteiger partial charge in [0.15, 0.2) is 11.5 Å². The Hall–Kier alpha value is -2.31. The van der Waals surface area contributed by atoms with Gasteiger partial charge in [-0.25, -0.2) is 0 Å². The predicted molar refractivity (Wildman–Crippen MR) is 71.1 cm³/mol. The van der Waals surface area contributed by atoms with Crippen LogP contribution in [0.4, 0.5) is 5.69 Å². The summed E-state index contributed by atoms with van der Waals surface area (Å²) in [5, 5.41) is 10.8. The number of nitrogens with zero attached hydrogens (tertiary/aromatic N) is 1. The summed E-state index contributed by atoms with van der Waals surface area (Å²) in [5.74, 6) is 0.425. The van der Waals surface area contributed by atoms with Crippen LogP contribution < -0.4 is 9.47 Å². The molecule has 0 amide bonds. The van der Waals surface area contributed by atoms with E-state index in [1.54, 1.807) is 6.92 Å².